The van der Waals surface area contributed by atoms with Crippen molar-refractivity contribution in [2.75, 3.05) is 6.54 Å². The molecule has 1 aromatic carbocycles. The number of H-pyrrole nitrogens is 1. The predicted molar refractivity (Wildman–Crippen MR) is 78.4 cm³/mol. The summed E-state index contributed by atoms with van der Waals surface area (Å²) in [5.41, 5.74) is 7.62. The van der Waals surface area contributed by atoms with Crippen LogP contribution in [0, 0.1) is 0 Å². The maximum absolute atomic E-state index is 11.7. The second-order valence-corrected chi connectivity index (χ2v) is 5.02. The first-order valence-electron chi connectivity index (χ1n) is 6.31. The number of aromatic nitrogens is 1. The standard InChI is InChI=1S/C14H17N3O.ClH/c15-14(6-7-14)13(18)16-8-5-10-9-17-12-4-2-1-3-11(10)12;/h1-4,9,17H,5-8,15H2,(H,16,18);1H. The van der Waals surface area contributed by atoms with Gasteiger partial charge in [0, 0.05) is 23.6 Å². The first-order valence-corrected chi connectivity index (χ1v) is 6.31. The van der Waals surface area contributed by atoms with Crippen LogP contribution in [0.25, 0.3) is 10.9 Å². The second-order valence-electron chi connectivity index (χ2n) is 5.02. The summed E-state index contributed by atoms with van der Waals surface area (Å²) >= 11 is 0. The fraction of sp³-hybridized carbons (Fsp3) is 0.357. The molecule has 0 aliphatic heterocycles. The topological polar surface area (TPSA) is 70.9 Å². The van der Waals surface area contributed by atoms with E-state index in [1.165, 1.54) is 10.9 Å². The molecule has 0 radical (unpaired) electrons. The van der Waals surface area contributed by atoms with Crippen molar-refractivity contribution in [3.8, 4) is 0 Å². The minimum atomic E-state index is -0.569. The monoisotopic (exact) mass is 279 g/mol. The fourth-order valence-electron chi connectivity index (χ4n) is 2.19. The van der Waals surface area contributed by atoms with Gasteiger partial charge in [-0.1, -0.05) is 18.2 Å². The van der Waals surface area contributed by atoms with E-state index in [0.717, 1.165) is 24.8 Å². The van der Waals surface area contributed by atoms with E-state index in [1.54, 1.807) is 0 Å². The van der Waals surface area contributed by atoms with Crippen LogP contribution in [0.3, 0.4) is 0 Å². The molecule has 2 aromatic rings. The Hall–Kier alpha value is -1.52. The van der Waals surface area contributed by atoms with Crippen LogP contribution in [0.1, 0.15) is 18.4 Å². The molecule has 5 heteroatoms. The molecule has 4 N–H and O–H groups in total. The van der Waals surface area contributed by atoms with Crippen molar-refractivity contribution in [3.05, 3.63) is 36.0 Å². The number of aromatic amines is 1. The molecule has 102 valence electrons. The highest BCUT2D eigenvalue weighted by molar-refractivity contribution is 5.89. The van der Waals surface area contributed by atoms with Crippen molar-refractivity contribution < 1.29 is 4.79 Å². The first kappa shape index (κ1) is 13.9. The molecule has 1 aromatic heterocycles. The molecule has 1 amide bonds. The lowest BCUT2D eigenvalue weighted by molar-refractivity contribution is -0.123. The number of rotatable bonds is 4. The van der Waals surface area contributed by atoms with Crippen LogP contribution in [-0.2, 0) is 11.2 Å². The van der Waals surface area contributed by atoms with Crippen molar-refractivity contribution in [3.63, 3.8) is 0 Å². The molecule has 1 heterocycles. The zero-order valence-corrected chi connectivity index (χ0v) is 11.4. The largest absolute Gasteiger partial charge is 0.361 e. The molecule has 0 bridgehead atoms. The predicted octanol–water partition coefficient (Wildman–Crippen LogP) is 1.74. The first-order chi connectivity index (χ1) is 8.69. The number of hydrogen-bond donors (Lipinski definition) is 3. The Balaban J connectivity index is 0.00000133. The van der Waals surface area contributed by atoms with E-state index in [2.05, 4.69) is 22.4 Å². The van der Waals surface area contributed by atoms with Gasteiger partial charge in [0.05, 0.1) is 5.54 Å². The summed E-state index contributed by atoms with van der Waals surface area (Å²) in [5.74, 6) is -0.0117. The number of benzene rings is 1. The second kappa shape index (κ2) is 5.23. The molecule has 19 heavy (non-hydrogen) atoms. The zero-order chi connectivity index (χ0) is 12.6. The Morgan fingerprint density at radius 3 is 2.84 bits per heavy atom. The Kier molecular flexibility index (Phi) is 3.83. The molecule has 3 rings (SSSR count). The highest BCUT2D eigenvalue weighted by atomic mass is 35.5. The van der Waals surface area contributed by atoms with Gasteiger partial charge in [-0.25, -0.2) is 0 Å². The van der Waals surface area contributed by atoms with E-state index in [1.807, 2.05) is 18.3 Å². The van der Waals surface area contributed by atoms with Gasteiger partial charge in [-0.2, -0.15) is 0 Å². The highest BCUT2D eigenvalue weighted by Crippen LogP contribution is 2.32. The number of nitrogens with two attached hydrogens (primary N) is 1. The number of nitrogens with one attached hydrogen (secondary N) is 2. The normalized spacial score (nSPS) is 15.8. The molecule has 0 unspecified atom stereocenters. The third-order valence-electron chi connectivity index (χ3n) is 3.60. The number of fused-ring (bicyclic) bond motifs is 1. The summed E-state index contributed by atoms with van der Waals surface area (Å²) < 4.78 is 0. The molecule has 4 nitrogen and oxygen atoms in total. The van der Waals surface area contributed by atoms with Crippen LogP contribution in [0.4, 0.5) is 0 Å². The fourth-order valence-corrected chi connectivity index (χ4v) is 2.19. The smallest absolute Gasteiger partial charge is 0.240 e. The number of amides is 1. The maximum Gasteiger partial charge on any atom is 0.240 e. The summed E-state index contributed by atoms with van der Waals surface area (Å²) in [5, 5.41) is 4.13. The van der Waals surface area contributed by atoms with E-state index in [9.17, 15) is 4.79 Å². The number of carbonyl (C=O) groups excluding carboxylic acids is 1. The summed E-state index contributed by atoms with van der Waals surface area (Å²) in [6.07, 6.45) is 4.45. The van der Waals surface area contributed by atoms with Crippen molar-refractivity contribution in [1.29, 1.82) is 0 Å². The molecule has 0 saturated heterocycles. The minimum Gasteiger partial charge on any atom is -0.361 e. The quantitative estimate of drug-likeness (QED) is 0.798. The van der Waals surface area contributed by atoms with Gasteiger partial charge in [0.2, 0.25) is 5.91 Å². The van der Waals surface area contributed by atoms with Gasteiger partial charge in [0.15, 0.2) is 0 Å². The number of para-hydroxylation sites is 1. The van der Waals surface area contributed by atoms with Crippen LogP contribution in [-0.4, -0.2) is 23.0 Å². The molecule has 1 aliphatic carbocycles. The van der Waals surface area contributed by atoms with Gasteiger partial charge in [-0.3, -0.25) is 4.79 Å². The van der Waals surface area contributed by atoms with Crippen LogP contribution in [0.15, 0.2) is 30.5 Å². The molecule has 0 atom stereocenters. The van der Waals surface area contributed by atoms with E-state index >= 15 is 0 Å². The van der Waals surface area contributed by atoms with Gasteiger partial charge < -0.3 is 16.0 Å². The van der Waals surface area contributed by atoms with E-state index in [0.29, 0.717) is 6.54 Å². The van der Waals surface area contributed by atoms with Crippen molar-refractivity contribution in [1.82, 2.24) is 10.3 Å². The van der Waals surface area contributed by atoms with Crippen molar-refractivity contribution >= 4 is 29.2 Å². The third kappa shape index (κ3) is 2.74. The van der Waals surface area contributed by atoms with Crippen LogP contribution < -0.4 is 11.1 Å². The number of carbonyl (C=O) groups is 1. The lowest BCUT2D eigenvalue weighted by Crippen LogP contribution is -2.43. The number of hydrogen-bond acceptors (Lipinski definition) is 2. The van der Waals surface area contributed by atoms with Gasteiger partial charge >= 0.3 is 0 Å². The average molecular weight is 280 g/mol. The molecular formula is C14H18ClN3O. The van der Waals surface area contributed by atoms with Gasteiger partial charge in [0.1, 0.15) is 0 Å². The lowest BCUT2D eigenvalue weighted by Gasteiger charge is -2.09. The average Bonchev–Trinajstić information content (AvgIpc) is 3.01. The van der Waals surface area contributed by atoms with Gasteiger partial charge in [-0.15, -0.1) is 12.4 Å². The van der Waals surface area contributed by atoms with Gasteiger partial charge in [-0.05, 0) is 30.9 Å². The Bertz CT molecular complexity index is 589. The minimum absolute atomic E-state index is 0. The van der Waals surface area contributed by atoms with Crippen LogP contribution in [0.2, 0.25) is 0 Å². The molecule has 0 spiro atoms. The molecule has 1 aliphatic rings. The van der Waals surface area contributed by atoms with Crippen molar-refractivity contribution in [2.45, 2.75) is 24.8 Å². The Labute approximate surface area is 118 Å². The van der Waals surface area contributed by atoms with Crippen LogP contribution >= 0.6 is 12.4 Å². The molecule has 1 saturated carbocycles. The third-order valence-corrected chi connectivity index (χ3v) is 3.60. The van der Waals surface area contributed by atoms with Crippen molar-refractivity contribution in [2.24, 2.45) is 5.73 Å². The Morgan fingerprint density at radius 2 is 2.11 bits per heavy atom. The zero-order valence-electron chi connectivity index (χ0n) is 10.6. The highest BCUT2D eigenvalue weighted by Gasteiger charge is 2.45. The van der Waals surface area contributed by atoms with E-state index < -0.39 is 5.54 Å². The SMILES string of the molecule is Cl.NC1(C(=O)NCCc2c[nH]c3ccccc23)CC1. The van der Waals surface area contributed by atoms with E-state index in [-0.39, 0.29) is 18.3 Å². The number of halogens is 1. The van der Waals surface area contributed by atoms with E-state index in [4.69, 9.17) is 5.73 Å². The molecule has 1 fully saturated rings. The Morgan fingerprint density at radius 1 is 1.37 bits per heavy atom. The molecular weight excluding hydrogens is 262 g/mol. The summed E-state index contributed by atoms with van der Waals surface area (Å²) in [4.78, 5) is 14.9. The lowest BCUT2D eigenvalue weighted by atomic mass is 10.1. The van der Waals surface area contributed by atoms with Crippen LogP contribution in [0.5, 0.6) is 0 Å². The summed E-state index contributed by atoms with van der Waals surface area (Å²) in [6.45, 7) is 0.639. The summed E-state index contributed by atoms with van der Waals surface area (Å²) in [6, 6.07) is 8.18. The van der Waals surface area contributed by atoms with Gasteiger partial charge in [0.25, 0.3) is 0 Å². The summed E-state index contributed by atoms with van der Waals surface area (Å²) in [7, 11) is 0. The maximum atomic E-state index is 11.7.